The number of carboxylic acid groups (broad SMARTS) is 1. The van der Waals surface area contributed by atoms with Crippen LogP contribution in [-0.4, -0.2) is 38.9 Å². The van der Waals surface area contributed by atoms with Gasteiger partial charge in [-0.1, -0.05) is 0 Å². The second-order valence-electron chi connectivity index (χ2n) is 5.78. The van der Waals surface area contributed by atoms with Crippen molar-refractivity contribution in [3.63, 3.8) is 0 Å². The van der Waals surface area contributed by atoms with Crippen LogP contribution in [0, 0.1) is 0 Å². The van der Waals surface area contributed by atoms with Crippen molar-refractivity contribution in [2.45, 2.75) is 13.3 Å². The zero-order valence-electron chi connectivity index (χ0n) is 16.1. The molecule has 0 aliphatic carbocycles. The molecule has 0 bridgehead atoms. The third-order valence-electron chi connectivity index (χ3n) is 4.00. The first-order valence-corrected chi connectivity index (χ1v) is 8.33. The summed E-state index contributed by atoms with van der Waals surface area (Å²) in [6, 6.07) is 9.76. The maximum absolute atomic E-state index is 12.3. The monoisotopic (exact) mass is 385 g/mol. The number of nitrogens with zero attached hydrogens (tertiary/aromatic N) is 1. The number of amides is 1. The summed E-state index contributed by atoms with van der Waals surface area (Å²) in [5.74, 6) is -0.263. The number of hydrogen-bond donors (Lipinski definition) is 1. The van der Waals surface area contributed by atoms with Crippen LogP contribution in [-0.2, 0) is 11.2 Å². The largest absolute Gasteiger partial charge is 0.550 e. The molecule has 0 saturated heterocycles. The van der Waals surface area contributed by atoms with Gasteiger partial charge >= 0.3 is 0 Å². The van der Waals surface area contributed by atoms with Crippen LogP contribution in [0.15, 0.2) is 41.5 Å². The average molecular weight is 385 g/mol. The van der Waals surface area contributed by atoms with Gasteiger partial charge in [-0.25, -0.2) is 5.43 Å². The van der Waals surface area contributed by atoms with Gasteiger partial charge in [-0.15, -0.1) is 0 Å². The smallest absolute Gasteiger partial charge is 0.271 e. The van der Waals surface area contributed by atoms with Crippen molar-refractivity contribution < 1.29 is 28.9 Å². The summed E-state index contributed by atoms with van der Waals surface area (Å²) in [5, 5.41) is 15.0. The van der Waals surface area contributed by atoms with E-state index in [0.717, 1.165) is 0 Å². The van der Waals surface area contributed by atoms with E-state index in [2.05, 4.69) is 10.5 Å². The number of hydrogen-bond acceptors (Lipinski definition) is 7. The molecule has 0 atom stereocenters. The van der Waals surface area contributed by atoms with Crippen molar-refractivity contribution in [1.82, 2.24) is 5.43 Å². The SMILES string of the molecule is COc1ccc(/C(C)=N\NC(=O)c2ccc(OC)c(OC)c2)cc1CC(=O)[O-]. The van der Waals surface area contributed by atoms with Gasteiger partial charge < -0.3 is 24.1 Å². The number of aliphatic carboxylic acids is 1. The van der Waals surface area contributed by atoms with Crippen LogP contribution in [0.25, 0.3) is 0 Å². The number of methoxy groups -OCH3 is 3. The number of carbonyl (C=O) groups excluding carboxylic acids is 2. The molecule has 0 radical (unpaired) electrons. The predicted octanol–water partition coefficient (Wildman–Crippen LogP) is 1.16. The molecule has 0 aromatic heterocycles. The molecule has 2 rings (SSSR count). The fourth-order valence-electron chi connectivity index (χ4n) is 2.54. The molecular formula is C20H21N2O6-. The lowest BCUT2D eigenvalue weighted by Crippen LogP contribution is -2.24. The van der Waals surface area contributed by atoms with E-state index in [-0.39, 0.29) is 6.42 Å². The number of nitrogens with one attached hydrogen (secondary N) is 1. The van der Waals surface area contributed by atoms with Crippen LogP contribution in [0.1, 0.15) is 28.4 Å². The predicted molar refractivity (Wildman–Crippen MR) is 101 cm³/mol. The molecule has 2 aromatic rings. The summed E-state index contributed by atoms with van der Waals surface area (Å²) in [4.78, 5) is 23.3. The van der Waals surface area contributed by atoms with E-state index < -0.39 is 11.9 Å². The summed E-state index contributed by atoms with van der Waals surface area (Å²) >= 11 is 0. The molecule has 8 nitrogen and oxygen atoms in total. The van der Waals surface area contributed by atoms with Gasteiger partial charge in [0.15, 0.2) is 11.5 Å². The Labute approximate surface area is 162 Å². The maximum Gasteiger partial charge on any atom is 0.271 e. The summed E-state index contributed by atoms with van der Waals surface area (Å²) in [7, 11) is 4.45. The molecule has 1 N–H and O–H groups in total. The van der Waals surface area contributed by atoms with Crippen LogP contribution < -0.4 is 24.7 Å². The third kappa shape index (κ3) is 5.00. The fraction of sp³-hybridized carbons (Fsp3) is 0.250. The van der Waals surface area contributed by atoms with Gasteiger partial charge in [0, 0.05) is 23.5 Å². The first-order chi connectivity index (χ1) is 13.4. The van der Waals surface area contributed by atoms with Crippen molar-refractivity contribution in [2.75, 3.05) is 21.3 Å². The van der Waals surface area contributed by atoms with E-state index in [1.54, 1.807) is 43.3 Å². The third-order valence-corrected chi connectivity index (χ3v) is 4.00. The zero-order valence-corrected chi connectivity index (χ0v) is 16.1. The number of benzene rings is 2. The normalized spacial score (nSPS) is 10.9. The molecule has 8 heteroatoms. The highest BCUT2D eigenvalue weighted by Crippen LogP contribution is 2.27. The minimum atomic E-state index is -1.22. The topological polar surface area (TPSA) is 109 Å². The highest BCUT2D eigenvalue weighted by Gasteiger charge is 2.11. The Morgan fingerprint density at radius 3 is 2.14 bits per heavy atom. The van der Waals surface area contributed by atoms with E-state index in [0.29, 0.717) is 39.7 Å². The Hall–Kier alpha value is -3.55. The number of rotatable bonds is 8. The van der Waals surface area contributed by atoms with E-state index in [9.17, 15) is 14.7 Å². The molecule has 0 heterocycles. The minimum absolute atomic E-state index is 0.289. The van der Waals surface area contributed by atoms with Crippen LogP contribution >= 0.6 is 0 Å². The first kappa shape index (κ1) is 20.8. The Bertz CT molecular complexity index is 908. The van der Waals surface area contributed by atoms with E-state index in [4.69, 9.17) is 14.2 Å². The number of hydrazone groups is 1. The zero-order chi connectivity index (χ0) is 20.7. The molecule has 0 aliphatic rings. The van der Waals surface area contributed by atoms with E-state index >= 15 is 0 Å². The Morgan fingerprint density at radius 1 is 0.929 bits per heavy atom. The molecule has 0 saturated carbocycles. The van der Waals surface area contributed by atoms with Gasteiger partial charge in [0.1, 0.15) is 5.75 Å². The Kier molecular flexibility index (Phi) is 6.97. The van der Waals surface area contributed by atoms with Crippen LogP contribution in [0.4, 0.5) is 0 Å². The van der Waals surface area contributed by atoms with Crippen molar-refractivity contribution >= 4 is 17.6 Å². The quantitative estimate of drug-likeness (QED) is 0.539. The van der Waals surface area contributed by atoms with Gasteiger partial charge in [0.25, 0.3) is 5.91 Å². The second-order valence-corrected chi connectivity index (χ2v) is 5.78. The Balaban J connectivity index is 2.19. The van der Waals surface area contributed by atoms with Gasteiger partial charge in [0.2, 0.25) is 0 Å². The van der Waals surface area contributed by atoms with Crippen molar-refractivity contribution in [3.05, 3.63) is 53.1 Å². The summed E-state index contributed by atoms with van der Waals surface area (Å²) in [5.41, 5.74) is 4.41. The molecule has 0 fully saturated rings. The lowest BCUT2D eigenvalue weighted by atomic mass is 10.0. The lowest BCUT2D eigenvalue weighted by Gasteiger charge is -2.11. The standard InChI is InChI=1S/C20H22N2O6/c1-12(13-5-7-16(26-2)15(9-13)11-19(23)24)21-22-20(25)14-6-8-17(27-3)18(10-14)28-4/h5-10H,11H2,1-4H3,(H,22,25)(H,23,24)/p-1/b21-12-. The Morgan fingerprint density at radius 2 is 1.54 bits per heavy atom. The van der Waals surface area contributed by atoms with Crippen LogP contribution in [0.5, 0.6) is 17.2 Å². The highest BCUT2D eigenvalue weighted by atomic mass is 16.5. The van der Waals surface area contributed by atoms with E-state index in [1.165, 1.54) is 21.3 Å². The maximum atomic E-state index is 12.3. The summed E-state index contributed by atoms with van der Waals surface area (Å²) in [6.45, 7) is 1.69. The van der Waals surface area contributed by atoms with Gasteiger partial charge in [-0.3, -0.25) is 4.79 Å². The molecule has 0 unspecified atom stereocenters. The van der Waals surface area contributed by atoms with Crippen LogP contribution in [0.2, 0.25) is 0 Å². The molecule has 1 amide bonds. The summed E-state index contributed by atoms with van der Waals surface area (Å²) < 4.78 is 15.5. The fourth-order valence-corrected chi connectivity index (χ4v) is 2.54. The lowest BCUT2D eigenvalue weighted by molar-refractivity contribution is -0.304. The van der Waals surface area contributed by atoms with Crippen molar-refractivity contribution in [3.8, 4) is 17.2 Å². The number of ether oxygens (including phenoxy) is 3. The molecule has 0 spiro atoms. The molecular weight excluding hydrogens is 364 g/mol. The number of carbonyl (C=O) groups is 2. The van der Waals surface area contributed by atoms with E-state index in [1.807, 2.05) is 0 Å². The van der Waals surface area contributed by atoms with Gasteiger partial charge in [-0.2, -0.15) is 5.10 Å². The average Bonchev–Trinajstić information content (AvgIpc) is 2.70. The van der Waals surface area contributed by atoms with Crippen LogP contribution in [0.3, 0.4) is 0 Å². The minimum Gasteiger partial charge on any atom is -0.550 e. The molecule has 28 heavy (non-hydrogen) atoms. The highest BCUT2D eigenvalue weighted by molar-refractivity contribution is 6.01. The molecule has 0 aliphatic heterocycles. The second kappa shape index (κ2) is 9.40. The number of carboxylic acids is 1. The van der Waals surface area contributed by atoms with Gasteiger partial charge in [0.05, 0.1) is 27.0 Å². The van der Waals surface area contributed by atoms with Crippen molar-refractivity contribution in [2.24, 2.45) is 5.10 Å². The molecule has 2 aromatic carbocycles. The first-order valence-electron chi connectivity index (χ1n) is 8.33. The summed E-state index contributed by atoms with van der Waals surface area (Å²) in [6.07, 6.45) is -0.289. The van der Waals surface area contributed by atoms with Crippen molar-refractivity contribution in [1.29, 1.82) is 0 Å². The molecule has 148 valence electrons. The van der Waals surface area contributed by atoms with Gasteiger partial charge in [-0.05, 0) is 48.9 Å².